The second-order valence-corrected chi connectivity index (χ2v) is 7.87. The number of hydrogen-bond donors (Lipinski definition) is 2. The summed E-state index contributed by atoms with van der Waals surface area (Å²) in [6, 6.07) is 10.2. The lowest BCUT2D eigenvalue weighted by Gasteiger charge is -2.38. The van der Waals surface area contributed by atoms with Gasteiger partial charge in [-0.1, -0.05) is 23.7 Å². The molecule has 2 aromatic carbocycles. The molecule has 1 heterocycles. The molecule has 2 unspecified atom stereocenters. The molecule has 0 saturated carbocycles. The molecule has 3 N–H and O–H groups in total. The Morgan fingerprint density at radius 1 is 1.29 bits per heavy atom. The Bertz CT molecular complexity index is 925. The van der Waals surface area contributed by atoms with Crippen molar-refractivity contribution in [3.63, 3.8) is 0 Å². The summed E-state index contributed by atoms with van der Waals surface area (Å²) >= 11 is 5.95. The summed E-state index contributed by atoms with van der Waals surface area (Å²) < 4.78 is 24.6. The van der Waals surface area contributed by atoms with Gasteiger partial charge in [-0.25, -0.2) is 9.18 Å². The molecule has 3 amide bonds. The molecule has 2 aromatic rings. The molecule has 1 saturated heterocycles. The van der Waals surface area contributed by atoms with Gasteiger partial charge in [0.25, 0.3) is 5.91 Å². The molecule has 0 aromatic heterocycles. The number of nitrogens with zero attached hydrogens (tertiary/aromatic N) is 1. The lowest BCUT2D eigenvalue weighted by Crippen LogP contribution is -2.52. The van der Waals surface area contributed by atoms with E-state index in [1.807, 2.05) is 6.92 Å². The monoisotopic (exact) mass is 449 g/mol. The van der Waals surface area contributed by atoms with Crippen molar-refractivity contribution in [1.82, 2.24) is 4.90 Å². The van der Waals surface area contributed by atoms with Crippen LogP contribution in [-0.4, -0.2) is 48.7 Å². The van der Waals surface area contributed by atoms with E-state index in [4.69, 9.17) is 26.8 Å². The summed E-state index contributed by atoms with van der Waals surface area (Å²) in [4.78, 5) is 25.7. The lowest BCUT2D eigenvalue weighted by molar-refractivity contribution is -0.146. The van der Waals surface area contributed by atoms with Crippen molar-refractivity contribution < 1.29 is 23.5 Å². The van der Waals surface area contributed by atoms with Crippen LogP contribution in [0.3, 0.4) is 0 Å². The van der Waals surface area contributed by atoms with E-state index in [-0.39, 0.29) is 30.5 Å². The number of aryl methyl sites for hydroxylation is 1. The number of rotatable bonds is 7. The van der Waals surface area contributed by atoms with Crippen LogP contribution in [0.25, 0.3) is 0 Å². The van der Waals surface area contributed by atoms with E-state index in [1.54, 1.807) is 29.2 Å². The normalized spacial score (nSPS) is 18.5. The van der Waals surface area contributed by atoms with Gasteiger partial charge in [-0.2, -0.15) is 0 Å². The summed E-state index contributed by atoms with van der Waals surface area (Å²) in [7, 11) is 0. The van der Waals surface area contributed by atoms with Crippen molar-refractivity contribution >= 4 is 29.2 Å². The summed E-state index contributed by atoms with van der Waals surface area (Å²) in [6.45, 7) is 2.58. The van der Waals surface area contributed by atoms with E-state index in [9.17, 15) is 14.0 Å². The third-order valence-corrected chi connectivity index (χ3v) is 5.28. The highest BCUT2D eigenvalue weighted by Gasteiger charge is 2.29. The first-order chi connectivity index (χ1) is 14.8. The number of ether oxygens (including phenoxy) is 2. The van der Waals surface area contributed by atoms with Gasteiger partial charge in [-0.15, -0.1) is 0 Å². The molecule has 0 aliphatic carbocycles. The summed E-state index contributed by atoms with van der Waals surface area (Å²) in [5, 5.41) is 2.83. The maximum absolute atomic E-state index is 13.1. The van der Waals surface area contributed by atoms with Crippen LogP contribution in [0.1, 0.15) is 18.9 Å². The first-order valence-electron chi connectivity index (χ1n) is 9.96. The number of anilines is 1. The van der Waals surface area contributed by atoms with Gasteiger partial charge in [-0.05, 0) is 55.7 Å². The number of hydrogen-bond acceptors (Lipinski definition) is 4. The van der Waals surface area contributed by atoms with E-state index in [0.717, 1.165) is 12.0 Å². The zero-order chi connectivity index (χ0) is 22.4. The fourth-order valence-corrected chi connectivity index (χ4v) is 3.57. The number of primary amides is 1. The number of halogens is 2. The summed E-state index contributed by atoms with van der Waals surface area (Å²) in [5.74, 6) is -0.161. The molecule has 3 rings (SSSR count). The predicted octanol–water partition coefficient (Wildman–Crippen LogP) is 3.60. The van der Waals surface area contributed by atoms with Crippen molar-refractivity contribution in [3.05, 3.63) is 58.9 Å². The first-order valence-corrected chi connectivity index (χ1v) is 10.3. The first kappa shape index (κ1) is 22.8. The number of benzene rings is 2. The lowest BCUT2D eigenvalue weighted by atomic mass is 10.0. The van der Waals surface area contributed by atoms with Gasteiger partial charge < -0.3 is 25.4 Å². The minimum atomic E-state index is -0.760. The van der Waals surface area contributed by atoms with Gasteiger partial charge in [0.2, 0.25) is 0 Å². The van der Waals surface area contributed by atoms with Gasteiger partial charge in [0.1, 0.15) is 11.6 Å². The smallest absolute Gasteiger partial charge is 0.316 e. The molecule has 0 radical (unpaired) electrons. The van der Waals surface area contributed by atoms with Gasteiger partial charge in [0, 0.05) is 11.6 Å². The highest BCUT2D eigenvalue weighted by molar-refractivity contribution is 6.31. The molecule has 7 nitrogen and oxygen atoms in total. The number of urea groups is 1. The SMILES string of the molecule is CC1COC(CCc2ccc(F)cc2)CN1C(=O)COc1ccc(Cl)cc1NC(N)=O. The number of carbonyl (C=O) groups excluding carboxylic acids is 2. The molecule has 0 bridgehead atoms. The van der Waals surface area contributed by atoms with Crippen LogP contribution < -0.4 is 15.8 Å². The largest absolute Gasteiger partial charge is 0.482 e. The minimum Gasteiger partial charge on any atom is -0.482 e. The number of carbonyl (C=O) groups is 2. The molecule has 1 aliphatic heterocycles. The van der Waals surface area contributed by atoms with Crippen LogP contribution in [0.2, 0.25) is 5.02 Å². The number of amides is 3. The Morgan fingerprint density at radius 2 is 2.03 bits per heavy atom. The third kappa shape index (κ3) is 6.57. The Balaban J connectivity index is 1.56. The van der Waals surface area contributed by atoms with E-state index < -0.39 is 6.03 Å². The number of nitrogens with one attached hydrogen (secondary N) is 1. The molecule has 9 heteroatoms. The average molecular weight is 450 g/mol. The van der Waals surface area contributed by atoms with Crippen LogP contribution in [-0.2, 0) is 16.0 Å². The third-order valence-electron chi connectivity index (χ3n) is 5.04. The van der Waals surface area contributed by atoms with Gasteiger partial charge in [0.05, 0.1) is 24.4 Å². The van der Waals surface area contributed by atoms with Crippen molar-refractivity contribution in [2.24, 2.45) is 5.73 Å². The topological polar surface area (TPSA) is 93.9 Å². The molecular weight excluding hydrogens is 425 g/mol. The van der Waals surface area contributed by atoms with Crippen LogP contribution in [0.4, 0.5) is 14.9 Å². The molecule has 1 aliphatic rings. The molecule has 2 atom stereocenters. The van der Waals surface area contributed by atoms with E-state index in [0.29, 0.717) is 36.0 Å². The van der Waals surface area contributed by atoms with E-state index in [2.05, 4.69) is 5.32 Å². The fraction of sp³-hybridized carbons (Fsp3) is 0.364. The fourth-order valence-electron chi connectivity index (χ4n) is 3.40. The number of nitrogens with two attached hydrogens (primary N) is 1. The Morgan fingerprint density at radius 3 is 2.74 bits per heavy atom. The molecule has 31 heavy (non-hydrogen) atoms. The Kier molecular flexibility index (Phi) is 7.70. The minimum absolute atomic E-state index is 0.0911. The zero-order valence-electron chi connectivity index (χ0n) is 17.1. The summed E-state index contributed by atoms with van der Waals surface area (Å²) in [6.07, 6.45) is 1.32. The van der Waals surface area contributed by atoms with Crippen LogP contribution in [0.15, 0.2) is 42.5 Å². The molecule has 166 valence electrons. The van der Waals surface area contributed by atoms with E-state index >= 15 is 0 Å². The van der Waals surface area contributed by atoms with Crippen LogP contribution >= 0.6 is 11.6 Å². The van der Waals surface area contributed by atoms with Gasteiger partial charge in [-0.3, -0.25) is 4.79 Å². The maximum Gasteiger partial charge on any atom is 0.316 e. The van der Waals surface area contributed by atoms with Gasteiger partial charge in [0.15, 0.2) is 6.61 Å². The van der Waals surface area contributed by atoms with E-state index in [1.165, 1.54) is 18.2 Å². The van der Waals surface area contributed by atoms with Crippen molar-refractivity contribution in [1.29, 1.82) is 0 Å². The predicted molar refractivity (Wildman–Crippen MR) is 116 cm³/mol. The number of morpholine rings is 1. The average Bonchev–Trinajstić information content (AvgIpc) is 2.73. The molecular formula is C22H25ClFN3O4. The maximum atomic E-state index is 13.1. The second-order valence-electron chi connectivity index (χ2n) is 7.43. The van der Waals surface area contributed by atoms with Crippen molar-refractivity contribution in [2.45, 2.75) is 31.9 Å². The van der Waals surface area contributed by atoms with Gasteiger partial charge >= 0.3 is 6.03 Å². The molecule has 0 spiro atoms. The summed E-state index contributed by atoms with van der Waals surface area (Å²) in [5.41, 5.74) is 6.48. The van der Waals surface area contributed by atoms with Crippen LogP contribution in [0.5, 0.6) is 5.75 Å². The van der Waals surface area contributed by atoms with Crippen molar-refractivity contribution in [3.8, 4) is 5.75 Å². The highest BCUT2D eigenvalue weighted by atomic mass is 35.5. The van der Waals surface area contributed by atoms with Crippen molar-refractivity contribution in [2.75, 3.05) is 25.1 Å². The Labute approximate surface area is 185 Å². The van der Waals surface area contributed by atoms with Crippen LogP contribution in [0, 0.1) is 5.82 Å². The molecule has 1 fully saturated rings. The Hall–Kier alpha value is -2.84. The second kappa shape index (κ2) is 10.5. The quantitative estimate of drug-likeness (QED) is 0.675. The standard InChI is InChI=1S/C22H25ClFN3O4/c1-14-12-30-18(8-4-15-2-6-17(24)7-3-15)11-27(14)21(28)13-31-20-9-5-16(23)10-19(20)26-22(25)29/h2-3,5-7,9-10,14,18H,4,8,11-13H2,1H3,(H3,25,26,29). The highest BCUT2D eigenvalue weighted by Crippen LogP contribution is 2.28. The zero-order valence-corrected chi connectivity index (χ0v) is 17.9.